The molecule has 0 radical (unpaired) electrons. The first-order chi connectivity index (χ1) is 17.0. The maximum absolute atomic E-state index is 12.8. The Morgan fingerprint density at radius 1 is 1.23 bits per heavy atom. The molecular weight excluding hydrogens is 466 g/mol. The van der Waals surface area contributed by atoms with Crippen LogP contribution >= 0.6 is 11.3 Å². The third kappa shape index (κ3) is 5.35. The van der Waals surface area contributed by atoms with Gasteiger partial charge in [0.25, 0.3) is 11.8 Å². The molecule has 0 atom stereocenters. The first-order valence-corrected chi connectivity index (χ1v) is 12.4. The minimum Gasteiger partial charge on any atom is -0.485 e. The Labute approximate surface area is 206 Å². The Morgan fingerprint density at radius 3 is 2.86 bits per heavy atom. The van der Waals surface area contributed by atoms with Gasteiger partial charge < -0.3 is 14.8 Å². The zero-order valence-electron chi connectivity index (χ0n) is 19.3. The summed E-state index contributed by atoms with van der Waals surface area (Å²) < 4.78 is 11.3. The second-order valence-corrected chi connectivity index (χ2v) is 9.65. The van der Waals surface area contributed by atoms with E-state index in [-0.39, 0.29) is 37.4 Å². The third-order valence-electron chi connectivity index (χ3n) is 6.00. The van der Waals surface area contributed by atoms with Crippen LogP contribution in [0.3, 0.4) is 0 Å². The Balaban J connectivity index is 1.29. The number of aryl methyl sites for hydroxylation is 1. The van der Waals surface area contributed by atoms with Crippen molar-refractivity contribution >= 4 is 34.6 Å². The first-order valence-electron chi connectivity index (χ1n) is 11.5. The summed E-state index contributed by atoms with van der Waals surface area (Å²) in [4.78, 5) is 43.8. The molecule has 35 heavy (non-hydrogen) atoms. The monoisotopic (exact) mass is 491 g/mol. The van der Waals surface area contributed by atoms with Gasteiger partial charge in [-0.3, -0.25) is 19.3 Å². The molecule has 1 fully saturated rings. The Morgan fingerprint density at radius 2 is 2.06 bits per heavy atom. The van der Waals surface area contributed by atoms with Gasteiger partial charge in [-0.15, -0.1) is 11.3 Å². The fourth-order valence-corrected chi connectivity index (χ4v) is 4.53. The summed E-state index contributed by atoms with van der Waals surface area (Å²) in [5.41, 5.74) is 2.21. The Bertz CT molecular complexity index is 1280. The maximum atomic E-state index is 12.8. The van der Waals surface area contributed by atoms with Crippen LogP contribution in [0.2, 0.25) is 0 Å². The number of carbonyl (C=O) groups is 3. The van der Waals surface area contributed by atoms with Gasteiger partial charge in [0.15, 0.2) is 19.0 Å². The van der Waals surface area contributed by atoms with E-state index in [4.69, 9.17) is 9.47 Å². The zero-order chi connectivity index (χ0) is 24.4. The summed E-state index contributed by atoms with van der Waals surface area (Å²) in [6.45, 7) is 2.56. The van der Waals surface area contributed by atoms with Crippen molar-refractivity contribution in [2.45, 2.75) is 26.3 Å². The van der Waals surface area contributed by atoms with E-state index >= 15 is 0 Å². The maximum Gasteiger partial charge on any atom is 0.270 e. The molecule has 8 nitrogen and oxygen atoms in total. The molecule has 2 aliphatic rings. The Kier molecular flexibility index (Phi) is 6.50. The zero-order valence-corrected chi connectivity index (χ0v) is 20.1. The van der Waals surface area contributed by atoms with Crippen LogP contribution in [0.1, 0.15) is 44.3 Å². The lowest BCUT2D eigenvalue weighted by atomic mass is 10.1. The van der Waals surface area contributed by atoms with Crippen LogP contribution in [-0.4, -0.2) is 42.3 Å². The van der Waals surface area contributed by atoms with E-state index in [0.717, 1.165) is 18.4 Å². The number of aromatic nitrogens is 1. The van der Waals surface area contributed by atoms with Gasteiger partial charge in [-0.1, -0.05) is 18.2 Å². The van der Waals surface area contributed by atoms with Crippen LogP contribution in [0.25, 0.3) is 0 Å². The highest BCUT2D eigenvalue weighted by Crippen LogP contribution is 2.34. The molecule has 180 valence electrons. The van der Waals surface area contributed by atoms with Crippen molar-refractivity contribution in [1.29, 1.82) is 0 Å². The van der Waals surface area contributed by atoms with Crippen LogP contribution in [-0.2, 0) is 11.3 Å². The highest BCUT2D eigenvalue weighted by atomic mass is 32.1. The number of nitrogens with zero attached hydrogens (tertiary/aromatic N) is 2. The number of benzene rings is 2. The highest BCUT2D eigenvalue weighted by Gasteiger charge is 2.28. The predicted molar refractivity (Wildman–Crippen MR) is 131 cm³/mol. The molecule has 1 aliphatic carbocycles. The number of rotatable bonds is 9. The minimum absolute atomic E-state index is 0.100. The number of anilines is 1. The second-order valence-electron chi connectivity index (χ2n) is 8.71. The lowest BCUT2D eigenvalue weighted by Gasteiger charge is -2.29. The number of carbonyl (C=O) groups excluding carboxylic acids is 3. The molecule has 0 saturated heterocycles. The molecule has 1 saturated carbocycles. The molecule has 1 aromatic heterocycles. The van der Waals surface area contributed by atoms with Gasteiger partial charge in [0.2, 0.25) is 0 Å². The number of amides is 2. The standard InChI is InChI=1S/C26H25N3O5S/c1-16-4-2-3-5-22(16)33-13-21(30)18-8-9-23-20(10-18)29(25(31)14-34-23)12-24-28-19(15-35-24)26(32)27-11-17-6-7-17/h2-5,8-10,15,17H,6-7,11-14H2,1H3,(H,27,32). The molecule has 1 aliphatic heterocycles. The average Bonchev–Trinajstić information content (AvgIpc) is 3.58. The molecule has 2 heterocycles. The fraction of sp³-hybridized carbons (Fsp3) is 0.308. The van der Waals surface area contributed by atoms with Crippen LogP contribution in [0.15, 0.2) is 47.8 Å². The number of thiazole rings is 1. The first kappa shape index (κ1) is 23.0. The third-order valence-corrected chi connectivity index (χ3v) is 6.84. The SMILES string of the molecule is Cc1ccccc1OCC(=O)c1ccc2c(c1)N(Cc1nc(C(=O)NCC3CC3)cs1)C(=O)CO2. The van der Waals surface area contributed by atoms with E-state index in [1.165, 1.54) is 11.3 Å². The van der Waals surface area contributed by atoms with Crippen molar-refractivity contribution in [2.75, 3.05) is 24.7 Å². The van der Waals surface area contributed by atoms with Gasteiger partial charge in [0.1, 0.15) is 22.2 Å². The number of para-hydroxylation sites is 1. The molecule has 9 heteroatoms. The fourth-order valence-electron chi connectivity index (χ4n) is 3.77. The molecular formula is C26H25N3O5S. The van der Waals surface area contributed by atoms with E-state index in [2.05, 4.69) is 10.3 Å². The van der Waals surface area contributed by atoms with Crippen molar-refractivity contribution in [3.63, 3.8) is 0 Å². The smallest absolute Gasteiger partial charge is 0.270 e. The van der Waals surface area contributed by atoms with Gasteiger partial charge in [-0.2, -0.15) is 0 Å². The van der Waals surface area contributed by atoms with Crippen molar-refractivity contribution in [3.05, 3.63) is 69.7 Å². The lowest BCUT2D eigenvalue weighted by molar-refractivity contribution is -0.121. The highest BCUT2D eigenvalue weighted by molar-refractivity contribution is 7.09. The number of hydrogen-bond donors (Lipinski definition) is 1. The molecule has 0 unspecified atom stereocenters. The van der Waals surface area contributed by atoms with Crippen molar-refractivity contribution in [1.82, 2.24) is 10.3 Å². The van der Waals surface area contributed by atoms with Gasteiger partial charge in [-0.05, 0) is 55.5 Å². The quantitative estimate of drug-likeness (QED) is 0.458. The van der Waals surface area contributed by atoms with Crippen molar-refractivity contribution < 1.29 is 23.9 Å². The molecule has 0 bridgehead atoms. The number of ether oxygens (including phenoxy) is 2. The molecule has 5 rings (SSSR count). The number of ketones is 1. The van der Waals surface area contributed by atoms with Gasteiger partial charge in [0, 0.05) is 17.5 Å². The van der Waals surface area contributed by atoms with Crippen LogP contribution in [0.4, 0.5) is 5.69 Å². The summed E-state index contributed by atoms with van der Waals surface area (Å²) in [6, 6.07) is 12.5. The largest absolute Gasteiger partial charge is 0.485 e. The summed E-state index contributed by atoms with van der Waals surface area (Å²) in [5.74, 6) is 1.10. The number of fused-ring (bicyclic) bond motifs is 1. The topological polar surface area (TPSA) is 97.8 Å². The summed E-state index contributed by atoms with van der Waals surface area (Å²) >= 11 is 1.32. The molecule has 2 aromatic carbocycles. The molecule has 3 aromatic rings. The second kappa shape index (κ2) is 9.87. The number of hydrogen-bond acceptors (Lipinski definition) is 7. The Hall–Kier alpha value is -3.72. The summed E-state index contributed by atoms with van der Waals surface area (Å²) in [5, 5.41) is 5.23. The molecule has 2 amide bonds. The van der Waals surface area contributed by atoms with Crippen LogP contribution in [0.5, 0.6) is 11.5 Å². The van der Waals surface area contributed by atoms with E-state index in [1.54, 1.807) is 28.5 Å². The van der Waals surface area contributed by atoms with Crippen LogP contribution < -0.4 is 19.7 Å². The van der Waals surface area contributed by atoms with E-state index < -0.39 is 0 Å². The summed E-state index contributed by atoms with van der Waals surface area (Å²) in [6.07, 6.45) is 2.31. The normalized spacial score (nSPS) is 14.8. The van der Waals surface area contributed by atoms with Gasteiger partial charge in [-0.25, -0.2) is 4.98 Å². The van der Waals surface area contributed by atoms with E-state index in [0.29, 0.717) is 45.9 Å². The van der Waals surface area contributed by atoms with E-state index in [9.17, 15) is 14.4 Å². The van der Waals surface area contributed by atoms with E-state index in [1.807, 2.05) is 31.2 Å². The number of nitrogens with one attached hydrogen (secondary N) is 1. The molecule has 1 N–H and O–H groups in total. The minimum atomic E-state index is -0.242. The van der Waals surface area contributed by atoms with Gasteiger partial charge in [0.05, 0.1) is 12.2 Å². The van der Waals surface area contributed by atoms with Crippen molar-refractivity contribution in [2.24, 2.45) is 5.92 Å². The average molecular weight is 492 g/mol. The van der Waals surface area contributed by atoms with Crippen molar-refractivity contribution in [3.8, 4) is 11.5 Å². The summed E-state index contributed by atoms with van der Waals surface area (Å²) in [7, 11) is 0. The van der Waals surface area contributed by atoms with Crippen LogP contribution in [0, 0.1) is 12.8 Å². The lowest BCUT2D eigenvalue weighted by Crippen LogP contribution is -2.38. The van der Waals surface area contributed by atoms with Gasteiger partial charge >= 0.3 is 0 Å². The number of Topliss-reactive ketones (excluding diaryl/α,β-unsaturated/α-hetero) is 1. The molecule has 0 spiro atoms. The predicted octanol–water partition coefficient (Wildman–Crippen LogP) is 3.78.